The number of esters is 1. The highest BCUT2D eigenvalue weighted by Gasteiger charge is 2.36. The number of hydrogen-bond donors (Lipinski definition) is 4. The van der Waals surface area contributed by atoms with E-state index in [2.05, 4.69) is 5.32 Å². The molecule has 1 saturated carbocycles. The van der Waals surface area contributed by atoms with Gasteiger partial charge in [-0.05, 0) is 36.3 Å². The van der Waals surface area contributed by atoms with Crippen LogP contribution >= 0.6 is 0 Å². The third kappa shape index (κ3) is 7.63. The minimum Gasteiger partial charge on any atom is -0.467 e. The van der Waals surface area contributed by atoms with Gasteiger partial charge in [-0.2, -0.15) is 0 Å². The van der Waals surface area contributed by atoms with Gasteiger partial charge in [-0.15, -0.1) is 0 Å². The molecule has 9 heteroatoms. The van der Waals surface area contributed by atoms with E-state index in [1.807, 2.05) is 30.3 Å². The number of nitrogens with zero attached hydrogens (tertiary/aromatic N) is 1. The zero-order valence-electron chi connectivity index (χ0n) is 21.4. The number of nitrogens with one attached hydrogen (secondary N) is 3. The molecule has 0 aromatic heterocycles. The predicted molar refractivity (Wildman–Crippen MR) is 139 cm³/mol. The number of amidine groups is 1. The number of carbonyl (C=O) groups excluding carboxylic acids is 3. The van der Waals surface area contributed by atoms with E-state index >= 15 is 0 Å². The second-order valence-electron chi connectivity index (χ2n) is 9.53. The van der Waals surface area contributed by atoms with E-state index in [-0.39, 0.29) is 24.1 Å². The van der Waals surface area contributed by atoms with Crippen LogP contribution in [0.15, 0.2) is 54.6 Å². The van der Waals surface area contributed by atoms with Gasteiger partial charge < -0.3 is 15.0 Å². The van der Waals surface area contributed by atoms with E-state index in [0.29, 0.717) is 17.7 Å². The van der Waals surface area contributed by atoms with Crippen LogP contribution in [-0.4, -0.2) is 53.9 Å². The summed E-state index contributed by atoms with van der Waals surface area (Å²) in [6, 6.07) is 15.4. The fourth-order valence-corrected chi connectivity index (χ4v) is 4.82. The summed E-state index contributed by atoms with van der Waals surface area (Å²) in [5.41, 5.74) is 3.91. The van der Waals surface area contributed by atoms with Gasteiger partial charge in [0.15, 0.2) is 0 Å². The number of methoxy groups -OCH3 is 1. The summed E-state index contributed by atoms with van der Waals surface area (Å²) in [4.78, 5) is 41.3. The highest BCUT2D eigenvalue weighted by molar-refractivity contribution is 6.02. The van der Waals surface area contributed by atoms with Gasteiger partial charge in [-0.3, -0.25) is 25.7 Å². The maximum absolute atomic E-state index is 13.6. The molecule has 3 rings (SSSR count). The Labute approximate surface area is 217 Å². The minimum absolute atomic E-state index is 0.0285. The fourth-order valence-electron chi connectivity index (χ4n) is 4.82. The predicted octanol–water partition coefficient (Wildman–Crippen LogP) is 3.05. The molecule has 2 aromatic rings. The van der Waals surface area contributed by atoms with Crippen LogP contribution in [0.2, 0.25) is 0 Å². The summed E-state index contributed by atoms with van der Waals surface area (Å²) in [5, 5.41) is 19.5. The highest BCUT2D eigenvalue weighted by Crippen LogP contribution is 2.27. The monoisotopic (exact) mass is 508 g/mol. The number of carbonyl (C=O) groups is 3. The number of benzene rings is 2. The second-order valence-corrected chi connectivity index (χ2v) is 9.53. The molecule has 0 spiro atoms. The summed E-state index contributed by atoms with van der Waals surface area (Å²) >= 11 is 0. The lowest BCUT2D eigenvalue weighted by atomic mass is 9.83. The lowest BCUT2D eigenvalue weighted by Gasteiger charge is -2.31. The summed E-state index contributed by atoms with van der Waals surface area (Å²) < 4.78 is 5.00. The molecule has 0 unspecified atom stereocenters. The Morgan fingerprint density at radius 2 is 1.68 bits per heavy atom. The Kier molecular flexibility index (Phi) is 10.2. The van der Waals surface area contributed by atoms with Crippen molar-refractivity contribution in [2.45, 2.75) is 51.1 Å². The summed E-state index contributed by atoms with van der Waals surface area (Å²) in [6.07, 6.45) is 4.82. The van der Waals surface area contributed by atoms with E-state index in [0.717, 1.165) is 37.7 Å². The zero-order chi connectivity index (χ0) is 26.8. The van der Waals surface area contributed by atoms with Gasteiger partial charge >= 0.3 is 5.97 Å². The molecule has 0 heterocycles. The van der Waals surface area contributed by atoms with Crippen LogP contribution in [0, 0.1) is 17.2 Å². The highest BCUT2D eigenvalue weighted by atomic mass is 16.5. The van der Waals surface area contributed by atoms with Crippen molar-refractivity contribution in [3.63, 3.8) is 0 Å². The molecule has 1 aliphatic rings. The topological polar surface area (TPSA) is 132 Å². The molecule has 2 aromatic carbocycles. The third-order valence-corrected chi connectivity index (χ3v) is 6.92. The molecular formula is C28H36N4O5. The first-order chi connectivity index (χ1) is 17.8. The van der Waals surface area contributed by atoms with Gasteiger partial charge in [0, 0.05) is 19.2 Å². The first-order valence-electron chi connectivity index (χ1n) is 12.6. The van der Waals surface area contributed by atoms with Gasteiger partial charge in [0.2, 0.25) is 11.8 Å². The molecule has 0 saturated heterocycles. The largest absolute Gasteiger partial charge is 0.467 e. The molecule has 0 aliphatic heterocycles. The van der Waals surface area contributed by atoms with E-state index in [4.69, 9.17) is 15.4 Å². The summed E-state index contributed by atoms with van der Waals surface area (Å²) in [6.45, 7) is 0.338. The van der Waals surface area contributed by atoms with Gasteiger partial charge in [0.25, 0.3) is 0 Å². The summed E-state index contributed by atoms with van der Waals surface area (Å²) in [5.74, 6) is -2.62. The van der Waals surface area contributed by atoms with Gasteiger partial charge in [0.1, 0.15) is 17.8 Å². The maximum Gasteiger partial charge on any atom is 0.328 e. The molecule has 2 atom stereocenters. The van der Waals surface area contributed by atoms with E-state index in [1.165, 1.54) is 12.0 Å². The lowest BCUT2D eigenvalue weighted by molar-refractivity contribution is -0.150. The third-order valence-electron chi connectivity index (χ3n) is 6.92. The number of amides is 2. The minimum atomic E-state index is -1.06. The first kappa shape index (κ1) is 27.9. The molecular weight excluding hydrogens is 472 g/mol. The quantitative estimate of drug-likeness (QED) is 0.128. The van der Waals surface area contributed by atoms with Crippen molar-refractivity contribution in [3.05, 3.63) is 71.3 Å². The average molecular weight is 509 g/mol. The maximum atomic E-state index is 13.6. The van der Waals surface area contributed by atoms with Gasteiger partial charge in [0.05, 0.1) is 7.11 Å². The van der Waals surface area contributed by atoms with Crippen molar-refractivity contribution in [2.75, 3.05) is 14.2 Å². The standard InChI is InChI=1S/C28H36N4O5/c1-32(18-20-9-5-3-6-10-20)27(34)23(17-19-13-15-22(16-14-19)25(29)31-36)26(33)30-24(28(35)37-2)21-11-7-4-8-12-21/h3,5-6,9-10,13-16,21,23-24,36H,4,7-8,11-12,17-18H2,1-2H3,(H2,29,31)(H,30,33)/t23-,24+/m1/s1. The van der Waals surface area contributed by atoms with Gasteiger partial charge in [-0.1, -0.05) is 73.9 Å². The van der Waals surface area contributed by atoms with Crippen molar-refractivity contribution in [1.82, 2.24) is 15.7 Å². The Bertz CT molecular complexity index is 1070. The molecule has 0 radical (unpaired) electrons. The Hall–Kier alpha value is -3.72. The van der Waals surface area contributed by atoms with Crippen molar-refractivity contribution in [1.29, 1.82) is 5.41 Å². The average Bonchev–Trinajstić information content (AvgIpc) is 2.94. The Balaban J connectivity index is 1.84. The van der Waals surface area contributed by atoms with Crippen molar-refractivity contribution < 1.29 is 24.3 Å². The van der Waals surface area contributed by atoms with Crippen LogP contribution in [0.1, 0.15) is 48.8 Å². The molecule has 2 amide bonds. The molecule has 1 aliphatic carbocycles. The van der Waals surface area contributed by atoms with Crippen molar-refractivity contribution >= 4 is 23.6 Å². The van der Waals surface area contributed by atoms with E-state index in [1.54, 1.807) is 36.8 Å². The Morgan fingerprint density at radius 1 is 1.03 bits per heavy atom. The van der Waals surface area contributed by atoms with Crippen LogP contribution < -0.4 is 10.8 Å². The van der Waals surface area contributed by atoms with Gasteiger partial charge in [-0.25, -0.2) is 4.79 Å². The Morgan fingerprint density at radius 3 is 2.27 bits per heavy atom. The molecule has 1 fully saturated rings. The first-order valence-corrected chi connectivity index (χ1v) is 12.6. The van der Waals surface area contributed by atoms with E-state index < -0.39 is 23.8 Å². The molecule has 9 nitrogen and oxygen atoms in total. The molecule has 198 valence electrons. The van der Waals surface area contributed by atoms with E-state index in [9.17, 15) is 14.4 Å². The molecule has 0 bridgehead atoms. The van der Waals surface area contributed by atoms with Crippen LogP contribution in [0.25, 0.3) is 0 Å². The lowest BCUT2D eigenvalue weighted by Crippen LogP contribution is -2.52. The van der Waals surface area contributed by atoms with Crippen LogP contribution in [-0.2, 0) is 32.1 Å². The molecule has 4 N–H and O–H groups in total. The molecule has 37 heavy (non-hydrogen) atoms. The van der Waals surface area contributed by atoms with Crippen molar-refractivity contribution in [2.24, 2.45) is 11.8 Å². The zero-order valence-corrected chi connectivity index (χ0v) is 21.4. The number of ether oxygens (including phenoxy) is 1. The van der Waals surface area contributed by atoms with Crippen LogP contribution in [0.4, 0.5) is 0 Å². The number of rotatable bonds is 10. The van der Waals surface area contributed by atoms with Crippen molar-refractivity contribution in [3.8, 4) is 0 Å². The number of hydroxylamine groups is 1. The fraction of sp³-hybridized carbons (Fsp3) is 0.429. The SMILES string of the molecule is COC(=O)[C@@H](NC(=O)[C@@H](Cc1ccc(C(=N)NO)cc1)C(=O)N(C)Cc1ccccc1)C1CCCCC1. The normalized spacial score (nSPS) is 15.2. The second kappa shape index (κ2) is 13.5. The number of hydrogen-bond acceptors (Lipinski definition) is 6. The van der Waals surface area contributed by atoms with Crippen LogP contribution in [0.5, 0.6) is 0 Å². The summed E-state index contributed by atoms with van der Waals surface area (Å²) in [7, 11) is 2.97. The smallest absolute Gasteiger partial charge is 0.328 e. The van der Waals surface area contributed by atoms with Crippen LogP contribution in [0.3, 0.4) is 0 Å².